The summed E-state index contributed by atoms with van der Waals surface area (Å²) in [7, 11) is 1.38. The van der Waals surface area contributed by atoms with Gasteiger partial charge in [0.15, 0.2) is 0 Å². The molecule has 0 spiro atoms. The van der Waals surface area contributed by atoms with E-state index in [0.717, 1.165) is 4.90 Å². The zero-order valence-electron chi connectivity index (χ0n) is 21.0. The highest BCUT2D eigenvalue weighted by molar-refractivity contribution is 6.32. The van der Waals surface area contributed by atoms with E-state index in [-0.39, 0.29) is 5.71 Å². The molecular weight excluding hydrogens is 566 g/mol. The van der Waals surface area contributed by atoms with Crippen LogP contribution < -0.4 is 16.0 Å². The largest absolute Gasteiger partial charge is 0.389 e. The molecule has 40 heavy (non-hydrogen) atoms. The highest BCUT2D eigenvalue weighted by Gasteiger charge is 2.41. The normalized spacial score (nSPS) is 17.4. The van der Waals surface area contributed by atoms with Crippen molar-refractivity contribution in [1.82, 2.24) is 5.32 Å². The predicted molar refractivity (Wildman–Crippen MR) is 136 cm³/mol. The molecule has 3 atom stereocenters. The second-order valence-corrected chi connectivity index (χ2v) is 9.67. The number of rotatable bonds is 9. The van der Waals surface area contributed by atoms with Gasteiger partial charge < -0.3 is 16.0 Å². The molecule has 2 aromatic carbocycles. The third-order valence-corrected chi connectivity index (χ3v) is 6.62. The zero-order chi connectivity index (χ0) is 29.8. The van der Waals surface area contributed by atoms with Crippen LogP contribution in [0.25, 0.3) is 0 Å². The molecular formula is C26H25ClF6N4O3. The molecule has 3 amide bonds. The number of amides is 3. The molecule has 1 heterocycles. The maximum atomic E-state index is 13.4. The van der Waals surface area contributed by atoms with Gasteiger partial charge >= 0.3 is 12.4 Å². The number of nitrogens with one attached hydrogen (secondary N) is 1. The Labute approximate surface area is 230 Å². The van der Waals surface area contributed by atoms with Crippen LogP contribution in [0.3, 0.4) is 0 Å². The highest BCUT2D eigenvalue weighted by atomic mass is 35.5. The summed E-state index contributed by atoms with van der Waals surface area (Å²) in [6.45, 7) is 0. The molecule has 216 valence electrons. The Kier molecular flexibility index (Phi) is 9.49. The number of carbonyl (C=O) groups is 3. The van der Waals surface area contributed by atoms with Crippen molar-refractivity contribution < 1.29 is 40.7 Å². The van der Waals surface area contributed by atoms with Crippen molar-refractivity contribution in [1.29, 1.82) is 0 Å². The Bertz CT molecular complexity index is 1280. The SMILES string of the molecule is CN1C(=O)[C@@H](NC(=O)C(CCC(F)(F)F)C(CCC(F)(F)F)C(N)=O)N=C(c2ccccc2)c2cc(Cl)ccc21. The summed E-state index contributed by atoms with van der Waals surface area (Å²) in [4.78, 5) is 44.3. The average Bonchev–Trinajstić information content (AvgIpc) is 2.95. The number of fused-ring (bicyclic) bond motifs is 1. The average molecular weight is 591 g/mol. The van der Waals surface area contributed by atoms with Gasteiger partial charge in [0.05, 0.1) is 11.4 Å². The number of benzodiazepines with no additional fused rings is 1. The molecule has 1 aliphatic heterocycles. The summed E-state index contributed by atoms with van der Waals surface area (Å²) in [5.74, 6) is -7.21. The lowest BCUT2D eigenvalue weighted by Crippen LogP contribution is -2.50. The first-order chi connectivity index (χ1) is 18.6. The van der Waals surface area contributed by atoms with E-state index < -0.39 is 73.8 Å². The van der Waals surface area contributed by atoms with Crippen molar-refractivity contribution in [2.75, 3.05) is 11.9 Å². The minimum Gasteiger partial charge on any atom is -0.369 e. The van der Waals surface area contributed by atoms with E-state index in [0.29, 0.717) is 21.8 Å². The molecule has 0 aromatic heterocycles. The first-order valence-corrected chi connectivity index (χ1v) is 12.4. The molecule has 0 radical (unpaired) electrons. The zero-order valence-corrected chi connectivity index (χ0v) is 21.8. The third-order valence-electron chi connectivity index (χ3n) is 6.39. The van der Waals surface area contributed by atoms with E-state index in [9.17, 15) is 40.7 Å². The van der Waals surface area contributed by atoms with Gasteiger partial charge in [-0.15, -0.1) is 0 Å². The molecule has 0 bridgehead atoms. The van der Waals surface area contributed by atoms with Crippen LogP contribution in [0.1, 0.15) is 36.8 Å². The van der Waals surface area contributed by atoms with Crippen LogP contribution >= 0.6 is 11.6 Å². The van der Waals surface area contributed by atoms with Gasteiger partial charge in [0.2, 0.25) is 18.0 Å². The van der Waals surface area contributed by atoms with Gasteiger partial charge in [-0.3, -0.25) is 14.4 Å². The van der Waals surface area contributed by atoms with Crippen LogP contribution in [0.15, 0.2) is 53.5 Å². The fraction of sp³-hybridized carbons (Fsp3) is 0.385. The van der Waals surface area contributed by atoms with Gasteiger partial charge in [0, 0.05) is 47.9 Å². The predicted octanol–water partition coefficient (Wildman–Crippen LogP) is 5.00. The van der Waals surface area contributed by atoms with Crippen LogP contribution in [0.5, 0.6) is 0 Å². The standard InChI is InChI=1S/C26H25ClF6N4O3/c1-37-19-8-7-15(27)13-18(19)20(14-5-3-2-4-6-14)35-22(24(37)40)36-23(39)17(10-12-26(31,32)33)16(21(34)38)9-11-25(28,29)30/h2-8,13,16-17,22H,9-12H2,1H3,(H2,34,38)(H,36,39)/t16?,17?,22-/m1/s1. The van der Waals surface area contributed by atoms with Gasteiger partial charge in [-0.1, -0.05) is 41.9 Å². The van der Waals surface area contributed by atoms with Crippen LogP contribution in [-0.2, 0) is 14.4 Å². The molecule has 0 saturated heterocycles. The van der Waals surface area contributed by atoms with Crippen molar-refractivity contribution in [3.05, 3.63) is 64.7 Å². The molecule has 2 unspecified atom stereocenters. The minimum absolute atomic E-state index is 0.219. The number of anilines is 1. The maximum absolute atomic E-state index is 13.4. The van der Waals surface area contributed by atoms with E-state index in [2.05, 4.69) is 10.3 Å². The number of halogens is 7. The van der Waals surface area contributed by atoms with E-state index >= 15 is 0 Å². The van der Waals surface area contributed by atoms with E-state index in [1.165, 1.54) is 13.1 Å². The fourth-order valence-corrected chi connectivity index (χ4v) is 4.58. The van der Waals surface area contributed by atoms with Gasteiger partial charge in [0.1, 0.15) is 0 Å². The molecule has 0 aliphatic carbocycles. The Hall–Kier alpha value is -3.61. The maximum Gasteiger partial charge on any atom is 0.389 e. The number of aliphatic imine (C=N–C) groups is 1. The smallest absolute Gasteiger partial charge is 0.369 e. The summed E-state index contributed by atoms with van der Waals surface area (Å²) in [6, 6.07) is 13.1. The number of hydrogen-bond donors (Lipinski definition) is 2. The minimum atomic E-state index is -4.78. The molecule has 0 fully saturated rings. The molecule has 14 heteroatoms. The van der Waals surface area contributed by atoms with E-state index in [4.69, 9.17) is 17.3 Å². The Balaban J connectivity index is 2.03. The number of carbonyl (C=O) groups excluding carboxylic acids is 3. The fourth-order valence-electron chi connectivity index (χ4n) is 4.40. The van der Waals surface area contributed by atoms with Gasteiger partial charge in [-0.05, 0) is 31.0 Å². The number of hydrogen-bond acceptors (Lipinski definition) is 4. The van der Waals surface area contributed by atoms with Crippen molar-refractivity contribution in [2.45, 2.75) is 44.2 Å². The second-order valence-electron chi connectivity index (χ2n) is 9.24. The number of likely N-dealkylation sites (N-methyl/N-ethyl adjacent to an activating group) is 1. The molecule has 3 rings (SSSR count). The number of alkyl halides is 6. The summed E-state index contributed by atoms with van der Waals surface area (Å²) in [6.07, 6.45) is -16.4. The lowest BCUT2D eigenvalue weighted by Gasteiger charge is -2.27. The van der Waals surface area contributed by atoms with Crippen molar-refractivity contribution in [2.24, 2.45) is 22.6 Å². The Morgan fingerprint density at radius 2 is 1.57 bits per heavy atom. The summed E-state index contributed by atoms with van der Waals surface area (Å²) >= 11 is 6.18. The molecule has 7 nitrogen and oxygen atoms in total. The number of primary amides is 1. The first-order valence-electron chi connectivity index (χ1n) is 12.0. The molecule has 0 saturated carbocycles. The van der Waals surface area contributed by atoms with Crippen LogP contribution in [0.4, 0.5) is 32.0 Å². The quantitative estimate of drug-likeness (QED) is 0.402. The third kappa shape index (κ3) is 7.96. The molecule has 2 aromatic rings. The highest BCUT2D eigenvalue weighted by Crippen LogP contribution is 2.34. The van der Waals surface area contributed by atoms with Crippen LogP contribution in [0.2, 0.25) is 5.02 Å². The lowest BCUT2D eigenvalue weighted by atomic mass is 9.83. The first kappa shape index (κ1) is 30.9. The topological polar surface area (TPSA) is 105 Å². The second kappa shape index (κ2) is 12.3. The Morgan fingerprint density at radius 1 is 1.00 bits per heavy atom. The Morgan fingerprint density at radius 3 is 2.12 bits per heavy atom. The summed E-state index contributed by atoms with van der Waals surface area (Å²) in [5.41, 5.74) is 6.75. The van der Waals surface area contributed by atoms with Gasteiger partial charge in [-0.2, -0.15) is 26.3 Å². The van der Waals surface area contributed by atoms with Gasteiger partial charge in [-0.25, -0.2) is 4.99 Å². The number of nitrogens with zero attached hydrogens (tertiary/aromatic N) is 2. The summed E-state index contributed by atoms with van der Waals surface area (Å²) in [5, 5.41) is 2.56. The lowest BCUT2D eigenvalue weighted by molar-refractivity contribution is -0.152. The molecule has 3 N–H and O–H groups in total. The van der Waals surface area contributed by atoms with Crippen LogP contribution in [0, 0.1) is 11.8 Å². The monoisotopic (exact) mass is 590 g/mol. The van der Waals surface area contributed by atoms with E-state index in [1.807, 2.05) is 0 Å². The number of benzene rings is 2. The van der Waals surface area contributed by atoms with Crippen LogP contribution in [-0.4, -0.2) is 49.0 Å². The summed E-state index contributed by atoms with van der Waals surface area (Å²) < 4.78 is 77.8. The van der Waals surface area contributed by atoms with Crippen molar-refractivity contribution in [3.63, 3.8) is 0 Å². The van der Waals surface area contributed by atoms with Crippen molar-refractivity contribution >= 4 is 40.7 Å². The van der Waals surface area contributed by atoms with Gasteiger partial charge in [0.25, 0.3) is 5.91 Å². The molecule has 1 aliphatic rings. The number of nitrogens with two attached hydrogens (primary N) is 1. The van der Waals surface area contributed by atoms with Crippen molar-refractivity contribution in [3.8, 4) is 0 Å². The van der Waals surface area contributed by atoms with E-state index in [1.54, 1.807) is 42.5 Å².